The Kier molecular flexibility index (Phi) is 3.06. The Morgan fingerprint density at radius 1 is 1.50 bits per heavy atom. The fraction of sp³-hybridized carbons (Fsp3) is 0.111. The molecule has 0 atom stereocenters. The van der Waals surface area contributed by atoms with Crippen LogP contribution in [-0.2, 0) is 0 Å². The monoisotopic (exact) mass is 192 g/mol. The van der Waals surface area contributed by atoms with Gasteiger partial charge in [-0.3, -0.25) is 0 Å². The van der Waals surface area contributed by atoms with E-state index in [2.05, 4.69) is 10.5 Å². The summed E-state index contributed by atoms with van der Waals surface area (Å²) >= 11 is 0. The maximum Gasteiger partial charge on any atom is 0.332 e. The molecule has 0 aliphatic rings. The molecule has 0 saturated heterocycles. The molecule has 2 amide bonds. The van der Waals surface area contributed by atoms with Crippen molar-refractivity contribution in [3.8, 4) is 0 Å². The number of hydrogen-bond acceptors (Lipinski definition) is 3. The zero-order valence-corrected chi connectivity index (χ0v) is 7.82. The first-order valence-corrected chi connectivity index (χ1v) is 4.05. The number of urea groups is 1. The van der Waals surface area contributed by atoms with Crippen molar-refractivity contribution in [3.05, 3.63) is 29.8 Å². The number of nitrogens with one attached hydrogen (secondary N) is 1. The van der Waals surface area contributed by atoms with Crippen molar-refractivity contribution in [2.24, 2.45) is 10.8 Å². The van der Waals surface area contributed by atoms with Gasteiger partial charge in [-0.2, -0.15) is 5.10 Å². The van der Waals surface area contributed by atoms with Crippen LogP contribution in [0.4, 0.5) is 10.5 Å². The smallest absolute Gasteiger partial charge is 0.332 e. The highest BCUT2D eigenvalue weighted by atomic mass is 16.2. The lowest BCUT2D eigenvalue weighted by Gasteiger charge is -2.01. The van der Waals surface area contributed by atoms with Crippen LogP contribution < -0.4 is 16.9 Å². The Labute approximate surface area is 81.8 Å². The summed E-state index contributed by atoms with van der Waals surface area (Å²) in [6, 6.07) is 6.51. The van der Waals surface area contributed by atoms with E-state index in [1.165, 1.54) is 0 Å². The number of hydrogen-bond donors (Lipinski definition) is 3. The van der Waals surface area contributed by atoms with Crippen LogP contribution in [0.15, 0.2) is 29.4 Å². The molecule has 5 N–H and O–H groups in total. The van der Waals surface area contributed by atoms with Crippen LogP contribution in [0.1, 0.15) is 12.5 Å². The summed E-state index contributed by atoms with van der Waals surface area (Å²) in [6.45, 7) is 1.75. The molecule has 0 aromatic heterocycles. The van der Waals surface area contributed by atoms with Gasteiger partial charge in [0.15, 0.2) is 0 Å². The third-order valence-electron chi connectivity index (χ3n) is 1.64. The minimum absolute atomic E-state index is 0.649. The number of hydrazone groups is 1. The molecule has 0 fully saturated rings. The SMILES string of the molecule is C/C(=N/NC(N)=O)c1cccc(N)c1. The summed E-state index contributed by atoms with van der Waals surface area (Å²) in [6.07, 6.45) is 0. The Morgan fingerprint density at radius 2 is 2.21 bits per heavy atom. The number of amides is 2. The predicted octanol–water partition coefficient (Wildman–Crippen LogP) is 0.661. The van der Waals surface area contributed by atoms with Crippen molar-refractivity contribution in [3.63, 3.8) is 0 Å². The van der Waals surface area contributed by atoms with Gasteiger partial charge in [-0.15, -0.1) is 0 Å². The first-order chi connectivity index (χ1) is 6.59. The van der Waals surface area contributed by atoms with Gasteiger partial charge in [0.1, 0.15) is 0 Å². The molecule has 0 aliphatic carbocycles. The third kappa shape index (κ3) is 2.78. The van der Waals surface area contributed by atoms with Gasteiger partial charge in [0.05, 0.1) is 5.71 Å². The molecular weight excluding hydrogens is 180 g/mol. The van der Waals surface area contributed by atoms with Gasteiger partial charge in [-0.05, 0) is 24.6 Å². The number of anilines is 1. The van der Waals surface area contributed by atoms with E-state index in [9.17, 15) is 4.79 Å². The Balaban J connectivity index is 2.83. The van der Waals surface area contributed by atoms with E-state index in [1.54, 1.807) is 19.1 Å². The predicted molar refractivity (Wildman–Crippen MR) is 55.8 cm³/mol. The van der Waals surface area contributed by atoms with Gasteiger partial charge < -0.3 is 11.5 Å². The highest BCUT2D eigenvalue weighted by Gasteiger charge is 1.97. The number of rotatable bonds is 2. The van der Waals surface area contributed by atoms with Gasteiger partial charge in [0.2, 0.25) is 0 Å². The fourth-order valence-corrected chi connectivity index (χ4v) is 0.967. The minimum Gasteiger partial charge on any atom is -0.399 e. The molecular formula is C9H12N4O. The van der Waals surface area contributed by atoms with E-state index in [1.807, 2.05) is 12.1 Å². The van der Waals surface area contributed by atoms with Crippen LogP contribution in [-0.4, -0.2) is 11.7 Å². The molecule has 1 rings (SSSR count). The van der Waals surface area contributed by atoms with Crippen LogP contribution in [0.3, 0.4) is 0 Å². The molecule has 14 heavy (non-hydrogen) atoms. The molecule has 1 aromatic carbocycles. The zero-order chi connectivity index (χ0) is 10.6. The second kappa shape index (κ2) is 4.27. The van der Waals surface area contributed by atoms with Crippen LogP contribution in [0.5, 0.6) is 0 Å². The lowest BCUT2D eigenvalue weighted by molar-refractivity contribution is 0.249. The van der Waals surface area contributed by atoms with Crippen molar-refractivity contribution < 1.29 is 4.79 Å². The standard InChI is InChI=1S/C9H12N4O/c1-6(12-13-9(11)14)7-3-2-4-8(10)5-7/h2-5H,10H2,1H3,(H3,11,13,14)/b12-6-. The van der Waals surface area contributed by atoms with Crippen LogP contribution in [0.25, 0.3) is 0 Å². The van der Waals surface area contributed by atoms with Gasteiger partial charge >= 0.3 is 6.03 Å². The number of nitrogens with zero attached hydrogens (tertiary/aromatic N) is 1. The molecule has 0 heterocycles. The summed E-state index contributed by atoms with van der Waals surface area (Å²) in [5, 5.41) is 3.77. The minimum atomic E-state index is -0.687. The molecule has 0 aliphatic heterocycles. The van der Waals surface area contributed by atoms with Gasteiger partial charge in [-0.1, -0.05) is 12.1 Å². The largest absolute Gasteiger partial charge is 0.399 e. The van der Waals surface area contributed by atoms with Crippen molar-refractivity contribution >= 4 is 17.4 Å². The van der Waals surface area contributed by atoms with Crippen LogP contribution in [0.2, 0.25) is 0 Å². The van der Waals surface area contributed by atoms with E-state index >= 15 is 0 Å². The van der Waals surface area contributed by atoms with Gasteiger partial charge in [0.25, 0.3) is 0 Å². The van der Waals surface area contributed by atoms with Gasteiger partial charge in [-0.25, -0.2) is 10.2 Å². The second-order valence-electron chi connectivity index (χ2n) is 2.80. The summed E-state index contributed by atoms with van der Waals surface area (Å²) in [4.78, 5) is 10.4. The number of carbonyl (C=O) groups excluding carboxylic acids is 1. The zero-order valence-electron chi connectivity index (χ0n) is 7.82. The van der Waals surface area contributed by atoms with Crippen molar-refractivity contribution in [1.29, 1.82) is 0 Å². The van der Waals surface area contributed by atoms with Crippen molar-refractivity contribution in [2.75, 3.05) is 5.73 Å². The number of primary amides is 1. The molecule has 0 radical (unpaired) electrons. The normalized spacial score (nSPS) is 11.1. The second-order valence-corrected chi connectivity index (χ2v) is 2.80. The summed E-state index contributed by atoms with van der Waals surface area (Å²) in [5.74, 6) is 0. The molecule has 0 bridgehead atoms. The third-order valence-corrected chi connectivity index (χ3v) is 1.64. The average molecular weight is 192 g/mol. The summed E-state index contributed by atoms with van der Waals surface area (Å²) in [7, 11) is 0. The van der Waals surface area contributed by atoms with Crippen LogP contribution in [0, 0.1) is 0 Å². The number of nitrogens with two attached hydrogens (primary N) is 2. The quantitative estimate of drug-likeness (QED) is 0.365. The van der Waals surface area contributed by atoms with Crippen molar-refractivity contribution in [2.45, 2.75) is 6.92 Å². The van der Waals surface area contributed by atoms with Crippen LogP contribution >= 0.6 is 0 Å². The first-order valence-electron chi connectivity index (χ1n) is 4.05. The highest BCUT2D eigenvalue weighted by molar-refractivity contribution is 5.99. The fourth-order valence-electron chi connectivity index (χ4n) is 0.967. The van der Waals surface area contributed by atoms with E-state index in [-0.39, 0.29) is 0 Å². The molecule has 74 valence electrons. The molecule has 5 nitrogen and oxygen atoms in total. The van der Waals surface area contributed by atoms with Crippen molar-refractivity contribution in [1.82, 2.24) is 5.43 Å². The molecule has 1 aromatic rings. The average Bonchev–Trinajstić information content (AvgIpc) is 2.14. The molecule has 5 heteroatoms. The lowest BCUT2D eigenvalue weighted by Crippen LogP contribution is -2.25. The van der Waals surface area contributed by atoms with E-state index in [0.29, 0.717) is 11.4 Å². The Hall–Kier alpha value is -2.04. The van der Waals surface area contributed by atoms with E-state index < -0.39 is 6.03 Å². The number of nitrogen functional groups attached to an aromatic ring is 1. The van der Waals surface area contributed by atoms with Gasteiger partial charge in [0, 0.05) is 5.69 Å². The van der Waals surface area contributed by atoms with E-state index in [4.69, 9.17) is 11.5 Å². The molecule has 0 saturated carbocycles. The number of carbonyl (C=O) groups is 1. The lowest BCUT2D eigenvalue weighted by atomic mass is 10.1. The first kappa shape index (κ1) is 10.0. The highest BCUT2D eigenvalue weighted by Crippen LogP contribution is 2.07. The maximum atomic E-state index is 10.4. The van der Waals surface area contributed by atoms with E-state index in [0.717, 1.165) is 5.56 Å². The Morgan fingerprint density at radius 3 is 2.79 bits per heavy atom. The Bertz CT molecular complexity index is 373. The maximum absolute atomic E-state index is 10.4. The molecule has 0 spiro atoms. The summed E-state index contributed by atoms with van der Waals surface area (Å²) in [5.41, 5.74) is 14.7. The topological polar surface area (TPSA) is 93.5 Å². The summed E-state index contributed by atoms with van der Waals surface area (Å²) < 4.78 is 0. The molecule has 0 unspecified atom stereocenters. The number of benzene rings is 1.